The van der Waals surface area contributed by atoms with E-state index in [0.717, 1.165) is 53.1 Å². The van der Waals surface area contributed by atoms with Crippen molar-refractivity contribution in [2.75, 3.05) is 18.4 Å². The van der Waals surface area contributed by atoms with E-state index in [1.165, 1.54) is 0 Å². The van der Waals surface area contributed by atoms with Crippen molar-refractivity contribution in [3.05, 3.63) is 54.7 Å². The molecule has 0 aromatic carbocycles. The highest BCUT2D eigenvalue weighted by Gasteiger charge is 2.47. The zero-order valence-electron chi connectivity index (χ0n) is 19.0. The number of amides is 1. The summed E-state index contributed by atoms with van der Waals surface area (Å²) in [5, 5.41) is 21.9. The van der Waals surface area contributed by atoms with Crippen LogP contribution in [0.2, 0.25) is 0 Å². The Bertz CT molecular complexity index is 1430. The molecule has 4 aromatic heterocycles. The molecule has 3 fully saturated rings. The molecule has 170 valence electrons. The Hall–Kier alpha value is -4.19. The fraction of sp³-hybridized carbons (Fsp3) is 0.320. The highest BCUT2D eigenvalue weighted by atomic mass is 16.2. The number of rotatable bonds is 4. The van der Waals surface area contributed by atoms with E-state index in [4.69, 9.17) is 4.98 Å². The van der Waals surface area contributed by atoms with Crippen molar-refractivity contribution in [2.45, 2.75) is 19.4 Å². The Morgan fingerprint density at radius 1 is 1.09 bits per heavy atom. The van der Waals surface area contributed by atoms with Crippen molar-refractivity contribution in [2.24, 2.45) is 18.9 Å². The first-order chi connectivity index (χ1) is 16.5. The van der Waals surface area contributed by atoms with Crippen molar-refractivity contribution in [3.63, 3.8) is 0 Å². The Balaban J connectivity index is 1.31. The van der Waals surface area contributed by atoms with Crippen LogP contribution < -0.4 is 5.32 Å². The highest BCUT2D eigenvalue weighted by Crippen LogP contribution is 2.42. The SMILES string of the molecule is CC(=O)N1CC2CC(C1)C2Nc1ccc(-c2cc(-c3cnn(C)c3)cn3ncc(C#N)c23)cn1. The lowest BCUT2D eigenvalue weighted by molar-refractivity contribution is -0.135. The van der Waals surface area contributed by atoms with Crippen molar-refractivity contribution < 1.29 is 4.79 Å². The summed E-state index contributed by atoms with van der Waals surface area (Å²) in [6, 6.07) is 8.68. The summed E-state index contributed by atoms with van der Waals surface area (Å²) in [6.45, 7) is 3.28. The van der Waals surface area contributed by atoms with Gasteiger partial charge in [0.1, 0.15) is 11.9 Å². The van der Waals surface area contributed by atoms with Crippen LogP contribution in [0.3, 0.4) is 0 Å². The molecule has 0 spiro atoms. The maximum atomic E-state index is 11.7. The first-order valence-corrected chi connectivity index (χ1v) is 11.4. The topological polar surface area (TPSA) is 104 Å². The van der Waals surface area contributed by atoms with Gasteiger partial charge in [-0.1, -0.05) is 0 Å². The van der Waals surface area contributed by atoms with E-state index in [2.05, 4.69) is 27.6 Å². The van der Waals surface area contributed by atoms with Gasteiger partial charge in [0.25, 0.3) is 0 Å². The van der Waals surface area contributed by atoms with Gasteiger partial charge < -0.3 is 10.2 Å². The molecule has 4 aromatic rings. The number of carbonyl (C=O) groups is 1. The Labute approximate surface area is 196 Å². The number of hydrogen-bond donors (Lipinski definition) is 1. The Kier molecular flexibility index (Phi) is 4.62. The minimum Gasteiger partial charge on any atom is -0.367 e. The van der Waals surface area contributed by atoms with Crippen LogP contribution in [0.1, 0.15) is 18.9 Å². The van der Waals surface area contributed by atoms with Gasteiger partial charge in [-0.15, -0.1) is 0 Å². The van der Waals surface area contributed by atoms with Gasteiger partial charge in [-0.2, -0.15) is 15.5 Å². The van der Waals surface area contributed by atoms with E-state index in [0.29, 0.717) is 23.4 Å². The molecule has 2 saturated heterocycles. The zero-order valence-corrected chi connectivity index (χ0v) is 19.0. The van der Waals surface area contributed by atoms with Crippen molar-refractivity contribution in [3.8, 4) is 28.3 Å². The van der Waals surface area contributed by atoms with Crippen LogP contribution in [0.15, 0.2) is 49.2 Å². The number of pyridine rings is 2. The number of anilines is 1. The summed E-state index contributed by atoms with van der Waals surface area (Å²) < 4.78 is 3.51. The number of nitrogens with one attached hydrogen (secondary N) is 1. The molecule has 1 N–H and O–H groups in total. The average molecular weight is 453 g/mol. The number of fused-ring (bicyclic) bond motifs is 3. The number of nitriles is 1. The third kappa shape index (κ3) is 3.30. The summed E-state index contributed by atoms with van der Waals surface area (Å²) in [7, 11) is 1.88. The molecule has 6 heterocycles. The van der Waals surface area contributed by atoms with Gasteiger partial charge in [0.05, 0.1) is 23.5 Å². The van der Waals surface area contributed by atoms with Crippen molar-refractivity contribution in [1.82, 2.24) is 29.3 Å². The van der Waals surface area contributed by atoms with Crippen LogP contribution >= 0.6 is 0 Å². The average Bonchev–Trinajstić information content (AvgIpc) is 3.48. The first-order valence-electron chi connectivity index (χ1n) is 11.4. The fourth-order valence-corrected chi connectivity index (χ4v) is 5.34. The minimum absolute atomic E-state index is 0.159. The molecule has 2 atom stereocenters. The van der Waals surface area contributed by atoms with Crippen molar-refractivity contribution >= 4 is 17.2 Å². The smallest absolute Gasteiger partial charge is 0.219 e. The second kappa shape index (κ2) is 7.70. The van der Waals surface area contributed by atoms with Crippen LogP contribution in [0.5, 0.6) is 0 Å². The van der Waals surface area contributed by atoms with E-state index >= 15 is 0 Å². The summed E-state index contributed by atoms with van der Waals surface area (Å²) >= 11 is 0. The lowest BCUT2D eigenvalue weighted by Gasteiger charge is -2.53. The van der Waals surface area contributed by atoms with Gasteiger partial charge >= 0.3 is 0 Å². The summed E-state index contributed by atoms with van der Waals surface area (Å²) in [4.78, 5) is 18.3. The number of nitrogens with zero attached hydrogens (tertiary/aromatic N) is 7. The summed E-state index contributed by atoms with van der Waals surface area (Å²) in [5.74, 6) is 1.94. The maximum absolute atomic E-state index is 11.7. The first kappa shape index (κ1) is 20.4. The van der Waals surface area contributed by atoms with Crippen LogP contribution in [0.4, 0.5) is 5.82 Å². The Morgan fingerprint density at radius 2 is 1.91 bits per heavy atom. The van der Waals surface area contributed by atoms with Crippen LogP contribution in [-0.4, -0.2) is 54.3 Å². The number of piperidine rings is 2. The quantitative estimate of drug-likeness (QED) is 0.511. The number of carbonyl (C=O) groups excluding carboxylic acids is 1. The normalized spacial score (nSPS) is 21.2. The van der Waals surface area contributed by atoms with E-state index in [1.807, 2.05) is 48.9 Å². The second-order valence-electron chi connectivity index (χ2n) is 9.29. The molecule has 3 aliphatic rings. The van der Waals surface area contributed by atoms with Crippen LogP contribution in [0.25, 0.3) is 27.8 Å². The van der Waals surface area contributed by atoms with E-state index in [-0.39, 0.29) is 5.91 Å². The molecule has 1 aliphatic carbocycles. The third-order valence-electron chi connectivity index (χ3n) is 7.14. The molecule has 9 heteroatoms. The number of hydrogen-bond acceptors (Lipinski definition) is 6. The van der Waals surface area contributed by atoms with E-state index in [1.54, 1.807) is 22.3 Å². The minimum atomic E-state index is 0.159. The third-order valence-corrected chi connectivity index (χ3v) is 7.14. The maximum Gasteiger partial charge on any atom is 0.219 e. The molecule has 2 aliphatic heterocycles. The molecule has 9 nitrogen and oxygen atoms in total. The lowest BCUT2D eigenvalue weighted by atomic mass is 9.66. The standard InChI is InChI=1S/C25H24N8O/c1-15(34)32-12-18-5-19(13-32)24(18)30-23-4-3-16(8-27-23)22-6-17(21-10-28-31(2)11-21)14-33-25(22)20(7-26)9-29-33/h3-4,6,8-11,14,18-19,24H,5,12-13H2,1-2H3,(H,27,30). The number of aryl methyl sites for hydroxylation is 1. The van der Waals surface area contributed by atoms with Crippen LogP contribution in [0, 0.1) is 23.2 Å². The van der Waals surface area contributed by atoms with E-state index < -0.39 is 0 Å². The van der Waals surface area contributed by atoms with Crippen molar-refractivity contribution in [1.29, 1.82) is 5.26 Å². The van der Waals surface area contributed by atoms with Gasteiger partial charge in [0.2, 0.25) is 5.91 Å². The van der Waals surface area contributed by atoms with E-state index in [9.17, 15) is 10.1 Å². The van der Waals surface area contributed by atoms with Gasteiger partial charge in [-0.3, -0.25) is 9.48 Å². The van der Waals surface area contributed by atoms with Crippen LogP contribution in [-0.2, 0) is 11.8 Å². The Morgan fingerprint density at radius 3 is 2.56 bits per heavy atom. The van der Waals surface area contributed by atoms with Gasteiger partial charge in [-0.05, 0) is 36.5 Å². The molecular weight excluding hydrogens is 428 g/mol. The fourth-order valence-electron chi connectivity index (χ4n) is 5.34. The van der Waals surface area contributed by atoms with Gasteiger partial charge in [-0.25, -0.2) is 9.50 Å². The summed E-state index contributed by atoms with van der Waals surface area (Å²) in [5.41, 5.74) is 5.02. The van der Waals surface area contributed by atoms with Gasteiger partial charge in [0.15, 0.2) is 0 Å². The highest BCUT2D eigenvalue weighted by molar-refractivity contribution is 5.87. The predicted octanol–water partition coefficient (Wildman–Crippen LogP) is 2.95. The number of aromatic nitrogens is 5. The molecular formula is C25H24N8O. The molecule has 7 rings (SSSR count). The lowest BCUT2D eigenvalue weighted by Crippen LogP contribution is -2.62. The van der Waals surface area contributed by atoms with Gasteiger partial charge in [0, 0.05) is 73.9 Å². The molecule has 0 radical (unpaired) electrons. The predicted molar refractivity (Wildman–Crippen MR) is 127 cm³/mol. The monoisotopic (exact) mass is 452 g/mol. The molecule has 1 amide bonds. The molecule has 2 unspecified atom stereocenters. The summed E-state index contributed by atoms with van der Waals surface area (Å²) in [6.07, 6.45) is 10.3. The molecule has 2 bridgehead atoms. The zero-order chi connectivity index (χ0) is 23.4. The largest absolute Gasteiger partial charge is 0.367 e. The molecule has 1 saturated carbocycles. The molecule has 34 heavy (non-hydrogen) atoms. The second-order valence-corrected chi connectivity index (χ2v) is 9.29.